The molecule has 0 atom stereocenters. The molecule has 7 nitrogen and oxygen atoms in total. The van der Waals surface area contributed by atoms with Crippen molar-refractivity contribution in [3.63, 3.8) is 0 Å². The lowest BCUT2D eigenvalue weighted by Crippen LogP contribution is -2.25. The average Bonchev–Trinajstić information content (AvgIpc) is 3.11. The van der Waals surface area contributed by atoms with E-state index in [1.165, 1.54) is 12.1 Å². The summed E-state index contributed by atoms with van der Waals surface area (Å²) in [6, 6.07) is 15.6. The molecule has 0 fully saturated rings. The summed E-state index contributed by atoms with van der Waals surface area (Å²) in [6.45, 7) is 0.151. The fourth-order valence-corrected chi connectivity index (χ4v) is 2.62. The van der Waals surface area contributed by atoms with Gasteiger partial charge in [0.1, 0.15) is 0 Å². The quantitative estimate of drug-likeness (QED) is 0.416. The molecular formula is C20H16N4O3. The highest BCUT2D eigenvalue weighted by Gasteiger charge is 2.16. The molecule has 1 amide bonds. The number of non-ortho nitro benzene ring substituents is 1. The van der Waals surface area contributed by atoms with Crippen LogP contribution in [0, 0.1) is 22.5 Å². The third-order valence-electron chi connectivity index (χ3n) is 3.90. The number of amides is 1. The lowest BCUT2D eigenvalue weighted by Gasteiger charge is -2.03. The Morgan fingerprint density at radius 2 is 1.89 bits per heavy atom. The van der Waals surface area contributed by atoms with Crippen molar-refractivity contribution in [2.45, 2.75) is 6.42 Å². The van der Waals surface area contributed by atoms with E-state index >= 15 is 0 Å². The minimum absolute atomic E-state index is 0.00504. The van der Waals surface area contributed by atoms with Crippen molar-refractivity contribution >= 4 is 11.6 Å². The molecule has 27 heavy (non-hydrogen) atoms. The SMILES string of the molecule is C#CCNC(=O)Cc1cn(-c2ccccc2)nc1-c1ccc([N+](=O)[O-])cc1. The minimum Gasteiger partial charge on any atom is -0.345 e. The molecule has 0 saturated carbocycles. The zero-order chi connectivity index (χ0) is 19.2. The highest BCUT2D eigenvalue weighted by Crippen LogP contribution is 2.26. The van der Waals surface area contributed by atoms with Crippen LogP contribution in [-0.4, -0.2) is 27.2 Å². The summed E-state index contributed by atoms with van der Waals surface area (Å²) < 4.78 is 1.68. The summed E-state index contributed by atoms with van der Waals surface area (Å²) in [7, 11) is 0. The smallest absolute Gasteiger partial charge is 0.269 e. The number of carbonyl (C=O) groups is 1. The number of para-hydroxylation sites is 1. The van der Waals surface area contributed by atoms with Gasteiger partial charge in [0.25, 0.3) is 5.69 Å². The number of hydrogen-bond acceptors (Lipinski definition) is 4. The Balaban J connectivity index is 1.99. The van der Waals surface area contributed by atoms with E-state index in [0.717, 1.165) is 5.69 Å². The molecule has 7 heteroatoms. The van der Waals surface area contributed by atoms with Gasteiger partial charge < -0.3 is 5.32 Å². The number of nitrogens with one attached hydrogen (secondary N) is 1. The molecule has 1 N–H and O–H groups in total. The van der Waals surface area contributed by atoms with Crippen LogP contribution >= 0.6 is 0 Å². The Kier molecular flexibility index (Phi) is 5.28. The monoisotopic (exact) mass is 360 g/mol. The van der Waals surface area contributed by atoms with Crippen molar-refractivity contribution in [1.29, 1.82) is 0 Å². The van der Waals surface area contributed by atoms with E-state index in [0.29, 0.717) is 16.8 Å². The zero-order valence-electron chi connectivity index (χ0n) is 14.3. The maximum Gasteiger partial charge on any atom is 0.269 e. The zero-order valence-corrected chi connectivity index (χ0v) is 14.3. The minimum atomic E-state index is -0.458. The van der Waals surface area contributed by atoms with Crippen LogP contribution in [0.25, 0.3) is 16.9 Å². The van der Waals surface area contributed by atoms with Gasteiger partial charge in [-0.05, 0) is 24.3 Å². The predicted molar refractivity (Wildman–Crippen MR) is 101 cm³/mol. The van der Waals surface area contributed by atoms with E-state index in [1.54, 1.807) is 23.0 Å². The van der Waals surface area contributed by atoms with Crippen LogP contribution in [0.5, 0.6) is 0 Å². The molecule has 3 aromatic rings. The topological polar surface area (TPSA) is 90.1 Å². The maximum atomic E-state index is 12.1. The number of terminal acetylenes is 1. The van der Waals surface area contributed by atoms with Crippen molar-refractivity contribution in [3.05, 3.63) is 76.5 Å². The van der Waals surface area contributed by atoms with Gasteiger partial charge in [-0.25, -0.2) is 4.68 Å². The predicted octanol–water partition coefficient (Wildman–Crippen LogP) is 2.74. The molecule has 1 aromatic heterocycles. The van der Waals surface area contributed by atoms with Gasteiger partial charge in [-0.3, -0.25) is 14.9 Å². The summed E-state index contributed by atoms with van der Waals surface area (Å²) >= 11 is 0. The van der Waals surface area contributed by atoms with Crippen LogP contribution in [0.4, 0.5) is 5.69 Å². The number of nitrogens with zero attached hydrogens (tertiary/aromatic N) is 3. The van der Waals surface area contributed by atoms with Crippen LogP contribution in [0.2, 0.25) is 0 Å². The molecule has 0 radical (unpaired) electrons. The van der Waals surface area contributed by atoms with Crippen molar-refractivity contribution < 1.29 is 9.72 Å². The molecule has 0 saturated heterocycles. The number of rotatable bonds is 6. The second kappa shape index (κ2) is 7.97. The molecule has 0 aliphatic carbocycles. The third kappa shape index (κ3) is 4.19. The van der Waals surface area contributed by atoms with Gasteiger partial charge in [0.15, 0.2) is 0 Å². The Labute approximate surface area is 155 Å². The Morgan fingerprint density at radius 3 is 2.52 bits per heavy atom. The highest BCUT2D eigenvalue weighted by molar-refractivity contribution is 5.81. The number of nitro groups is 1. The summed E-state index contributed by atoms with van der Waals surface area (Å²) in [6.07, 6.45) is 7.05. The van der Waals surface area contributed by atoms with Crippen molar-refractivity contribution in [1.82, 2.24) is 15.1 Å². The van der Waals surface area contributed by atoms with Gasteiger partial charge in [0.2, 0.25) is 5.91 Å². The molecule has 1 heterocycles. The lowest BCUT2D eigenvalue weighted by molar-refractivity contribution is -0.384. The van der Waals surface area contributed by atoms with E-state index in [2.05, 4.69) is 16.3 Å². The number of carbonyl (C=O) groups excluding carboxylic acids is 1. The largest absolute Gasteiger partial charge is 0.345 e. The van der Waals surface area contributed by atoms with Crippen molar-refractivity contribution in [2.24, 2.45) is 0 Å². The van der Waals surface area contributed by atoms with E-state index in [4.69, 9.17) is 6.42 Å². The highest BCUT2D eigenvalue weighted by atomic mass is 16.6. The average molecular weight is 360 g/mol. The maximum absolute atomic E-state index is 12.1. The van der Waals surface area contributed by atoms with Crippen molar-refractivity contribution in [3.8, 4) is 29.3 Å². The molecule has 2 aromatic carbocycles. The Bertz CT molecular complexity index is 1000. The molecule has 0 bridgehead atoms. The fraction of sp³-hybridized carbons (Fsp3) is 0.100. The number of aromatic nitrogens is 2. The third-order valence-corrected chi connectivity index (χ3v) is 3.90. The molecule has 0 spiro atoms. The van der Waals surface area contributed by atoms with Crippen LogP contribution in [0.3, 0.4) is 0 Å². The number of benzene rings is 2. The Morgan fingerprint density at radius 1 is 1.19 bits per heavy atom. The first-order chi connectivity index (χ1) is 13.1. The van der Waals surface area contributed by atoms with Crippen LogP contribution in [-0.2, 0) is 11.2 Å². The number of nitro benzene ring substituents is 1. The Hall–Kier alpha value is -3.92. The lowest BCUT2D eigenvalue weighted by atomic mass is 10.1. The number of hydrogen-bond donors (Lipinski definition) is 1. The molecule has 0 aliphatic rings. The van der Waals surface area contributed by atoms with Gasteiger partial charge in [0.05, 0.1) is 29.3 Å². The standard InChI is InChI=1S/C20H16N4O3/c1-2-12-21-19(25)13-16-14-23(17-6-4-3-5-7-17)22-20(16)15-8-10-18(11-9-15)24(26)27/h1,3-11,14H,12-13H2,(H,21,25). The second-order valence-electron chi connectivity index (χ2n) is 5.74. The first-order valence-corrected chi connectivity index (χ1v) is 8.17. The van der Waals surface area contributed by atoms with Gasteiger partial charge in [-0.2, -0.15) is 5.10 Å². The van der Waals surface area contributed by atoms with E-state index in [9.17, 15) is 14.9 Å². The van der Waals surface area contributed by atoms with Gasteiger partial charge >= 0.3 is 0 Å². The van der Waals surface area contributed by atoms with Crippen LogP contribution in [0.1, 0.15) is 5.56 Å². The molecule has 0 unspecified atom stereocenters. The molecular weight excluding hydrogens is 344 g/mol. The second-order valence-corrected chi connectivity index (χ2v) is 5.74. The summed E-state index contributed by atoms with van der Waals surface area (Å²) in [4.78, 5) is 22.5. The molecule has 134 valence electrons. The summed E-state index contributed by atoms with van der Waals surface area (Å²) in [5.41, 5.74) is 2.81. The first kappa shape index (κ1) is 17.9. The van der Waals surface area contributed by atoms with E-state index in [-0.39, 0.29) is 24.6 Å². The molecule has 3 rings (SSSR count). The van der Waals surface area contributed by atoms with Crippen molar-refractivity contribution in [2.75, 3.05) is 6.54 Å². The normalized spacial score (nSPS) is 10.2. The summed E-state index contributed by atoms with van der Waals surface area (Å²) in [5, 5.41) is 18.1. The fourth-order valence-electron chi connectivity index (χ4n) is 2.62. The van der Waals surface area contributed by atoms with Crippen LogP contribution < -0.4 is 5.32 Å². The summed E-state index contributed by atoms with van der Waals surface area (Å²) in [5.74, 6) is 2.14. The van der Waals surface area contributed by atoms with E-state index < -0.39 is 4.92 Å². The van der Waals surface area contributed by atoms with Gasteiger partial charge in [-0.15, -0.1) is 6.42 Å². The first-order valence-electron chi connectivity index (χ1n) is 8.17. The van der Waals surface area contributed by atoms with Gasteiger partial charge in [-0.1, -0.05) is 24.1 Å². The van der Waals surface area contributed by atoms with Gasteiger partial charge in [0, 0.05) is 29.5 Å². The van der Waals surface area contributed by atoms with E-state index in [1.807, 2.05) is 30.3 Å². The van der Waals surface area contributed by atoms with Crippen LogP contribution in [0.15, 0.2) is 60.8 Å². The molecule has 0 aliphatic heterocycles.